The van der Waals surface area contributed by atoms with E-state index in [1.165, 1.54) is 0 Å². The third kappa shape index (κ3) is 4.04. The largest absolute Gasteiger partial charge is 0.366 e. The molecule has 0 bridgehead atoms. The summed E-state index contributed by atoms with van der Waals surface area (Å²) in [4.78, 5) is 8.50. The fourth-order valence-electron chi connectivity index (χ4n) is 1.94. The monoisotopic (exact) mass is 348 g/mol. The summed E-state index contributed by atoms with van der Waals surface area (Å²) in [6, 6.07) is 0.143. The van der Waals surface area contributed by atoms with Crippen molar-refractivity contribution < 1.29 is 8.42 Å². The zero-order valence-electron chi connectivity index (χ0n) is 10.7. The minimum atomic E-state index is -2.83. The molecule has 2 N–H and O–H groups in total. The fourth-order valence-corrected chi connectivity index (χ4v) is 3.74. The van der Waals surface area contributed by atoms with Crippen molar-refractivity contribution in [3.63, 3.8) is 0 Å². The van der Waals surface area contributed by atoms with Crippen LogP contribution in [0.2, 0.25) is 0 Å². The molecule has 0 atom stereocenters. The van der Waals surface area contributed by atoms with E-state index in [1.54, 1.807) is 6.20 Å². The molecular weight excluding hydrogens is 332 g/mol. The lowest BCUT2D eigenvalue weighted by molar-refractivity contribution is 0.559. The van der Waals surface area contributed by atoms with E-state index in [1.807, 2.05) is 6.92 Å². The molecule has 106 valence electrons. The minimum Gasteiger partial charge on any atom is -0.366 e. The Morgan fingerprint density at radius 2 is 2.11 bits per heavy atom. The maximum Gasteiger partial charge on any atom is 0.224 e. The standard InChI is InChI=1S/C11H17BrN4O2S/c1-2-13-11-14-7-9(12)10(16-11)15-8-3-5-19(17,18)6-4-8/h7-8H,2-6H2,1H3,(H2,13,14,15,16). The van der Waals surface area contributed by atoms with Gasteiger partial charge in [-0.15, -0.1) is 0 Å². The SMILES string of the molecule is CCNc1ncc(Br)c(NC2CCS(=O)(=O)CC2)n1. The van der Waals surface area contributed by atoms with Crippen molar-refractivity contribution >= 4 is 37.5 Å². The van der Waals surface area contributed by atoms with Crippen LogP contribution in [0.1, 0.15) is 19.8 Å². The van der Waals surface area contributed by atoms with Gasteiger partial charge in [-0.05, 0) is 35.7 Å². The average Bonchev–Trinajstić information content (AvgIpc) is 2.36. The van der Waals surface area contributed by atoms with E-state index in [4.69, 9.17) is 0 Å². The van der Waals surface area contributed by atoms with Gasteiger partial charge in [-0.25, -0.2) is 13.4 Å². The molecule has 1 aliphatic rings. The lowest BCUT2D eigenvalue weighted by Crippen LogP contribution is -2.32. The maximum absolute atomic E-state index is 11.4. The average molecular weight is 349 g/mol. The van der Waals surface area contributed by atoms with Gasteiger partial charge in [0.1, 0.15) is 15.7 Å². The molecule has 1 saturated heterocycles. The molecule has 0 saturated carbocycles. The van der Waals surface area contributed by atoms with Gasteiger partial charge in [0.05, 0.1) is 16.0 Å². The molecule has 1 aliphatic heterocycles. The third-order valence-corrected chi connectivity index (χ3v) is 5.27. The summed E-state index contributed by atoms with van der Waals surface area (Å²) < 4.78 is 23.5. The zero-order valence-corrected chi connectivity index (χ0v) is 13.1. The predicted molar refractivity (Wildman–Crippen MR) is 79.2 cm³/mol. The Kier molecular flexibility index (Phi) is 4.62. The van der Waals surface area contributed by atoms with Crippen LogP contribution < -0.4 is 10.6 Å². The fraction of sp³-hybridized carbons (Fsp3) is 0.636. The van der Waals surface area contributed by atoms with Crippen LogP contribution in [0.4, 0.5) is 11.8 Å². The lowest BCUT2D eigenvalue weighted by atomic mass is 10.1. The minimum absolute atomic E-state index is 0.143. The molecule has 2 rings (SSSR count). The summed E-state index contributed by atoms with van der Waals surface area (Å²) in [5.74, 6) is 1.76. The van der Waals surface area contributed by atoms with Crippen molar-refractivity contribution in [1.29, 1.82) is 0 Å². The van der Waals surface area contributed by atoms with Gasteiger partial charge in [-0.2, -0.15) is 4.98 Å². The highest BCUT2D eigenvalue weighted by Crippen LogP contribution is 2.23. The van der Waals surface area contributed by atoms with Gasteiger partial charge in [-0.3, -0.25) is 0 Å². The zero-order chi connectivity index (χ0) is 13.9. The Morgan fingerprint density at radius 3 is 2.74 bits per heavy atom. The second-order valence-electron chi connectivity index (χ2n) is 4.49. The van der Waals surface area contributed by atoms with E-state index in [2.05, 4.69) is 36.5 Å². The number of nitrogens with zero attached hydrogens (tertiary/aromatic N) is 2. The highest BCUT2D eigenvalue weighted by atomic mass is 79.9. The van der Waals surface area contributed by atoms with Gasteiger partial charge < -0.3 is 10.6 Å². The van der Waals surface area contributed by atoms with Gasteiger partial charge in [0.15, 0.2) is 0 Å². The summed E-state index contributed by atoms with van der Waals surface area (Å²) in [5.41, 5.74) is 0. The van der Waals surface area contributed by atoms with Crippen LogP contribution in [-0.2, 0) is 9.84 Å². The third-order valence-electron chi connectivity index (χ3n) is 2.97. The van der Waals surface area contributed by atoms with Gasteiger partial charge in [0.25, 0.3) is 0 Å². The smallest absolute Gasteiger partial charge is 0.224 e. The van der Waals surface area contributed by atoms with E-state index in [0.29, 0.717) is 24.6 Å². The first-order valence-electron chi connectivity index (χ1n) is 6.23. The molecule has 1 aromatic rings. The van der Waals surface area contributed by atoms with Crippen LogP contribution in [0.3, 0.4) is 0 Å². The number of sulfone groups is 1. The number of hydrogen-bond acceptors (Lipinski definition) is 6. The highest BCUT2D eigenvalue weighted by Gasteiger charge is 2.24. The Hall–Kier alpha value is -0.890. The molecule has 8 heteroatoms. The van der Waals surface area contributed by atoms with Crippen molar-refractivity contribution in [2.75, 3.05) is 28.7 Å². The van der Waals surface area contributed by atoms with Gasteiger partial charge in [0.2, 0.25) is 5.95 Å². The molecule has 0 spiro atoms. The first kappa shape index (κ1) is 14.5. The van der Waals surface area contributed by atoms with Crippen molar-refractivity contribution in [2.24, 2.45) is 0 Å². The molecule has 0 unspecified atom stereocenters. The first-order chi connectivity index (χ1) is 9.00. The van der Waals surface area contributed by atoms with Crippen LogP contribution >= 0.6 is 15.9 Å². The number of halogens is 1. The number of aromatic nitrogens is 2. The number of anilines is 2. The molecule has 0 radical (unpaired) electrons. The summed E-state index contributed by atoms with van der Waals surface area (Å²) in [7, 11) is -2.83. The van der Waals surface area contributed by atoms with Crippen molar-refractivity contribution in [3.8, 4) is 0 Å². The van der Waals surface area contributed by atoms with Crippen molar-refractivity contribution in [2.45, 2.75) is 25.8 Å². The highest BCUT2D eigenvalue weighted by molar-refractivity contribution is 9.10. The molecule has 6 nitrogen and oxygen atoms in total. The summed E-state index contributed by atoms with van der Waals surface area (Å²) in [6.45, 7) is 2.73. The second-order valence-corrected chi connectivity index (χ2v) is 7.65. The van der Waals surface area contributed by atoms with Crippen molar-refractivity contribution in [3.05, 3.63) is 10.7 Å². The van der Waals surface area contributed by atoms with Crippen LogP contribution in [0.15, 0.2) is 10.7 Å². The molecule has 0 amide bonds. The molecule has 2 heterocycles. The maximum atomic E-state index is 11.4. The number of rotatable bonds is 4. The Bertz CT molecular complexity index is 536. The molecule has 1 aromatic heterocycles. The van der Waals surface area contributed by atoms with Gasteiger partial charge in [-0.1, -0.05) is 0 Å². The summed E-state index contributed by atoms with van der Waals surface area (Å²) in [5, 5.41) is 6.33. The first-order valence-corrected chi connectivity index (χ1v) is 8.85. The normalized spacial score (nSPS) is 19.1. The summed E-state index contributed by atoms with van der Waals surface area (Å²) in [6.07, 6.45) is 2.93. The van der Waals surface area contributed by atoms with Gasteiger partial charge in [0, 0.05) is 18.8 Å². The summed E-state index contributed by atoms with van der Waals surface area (Å²) >= 11 is 3.40. The second kappa shape index (κ2) is 6.04. The van der Waals surface area contributed by atoms with E-state index in [0.717, 1.165) is 11.0 Å². The van der Waals surface area contributed by atoms with E-state index in [-0.39, 0.29) is 17.5 Å². The van der Waals surface area contributed by atoms with Gasteiger partial charge >= 0.3 is 0 Å². The molecule has 0 aliphatic carbocycles. The van der Waals surface area contributed by atoms with E-state index >= 15 is 0 Å². The van der Waals surface area contributed by atoms with E-state index < -0.39 is 9.84 Å². The predicted octanol–water partition coefficient (Wildman–Crippen LogP) is 1.66. The van der Waals surface area contributed by atoms with Crippen LogP contribution in [0, 0.1) is 0 Å². The number of hydrogen-bond donors (Lipinski definition) is 2. The Labute approximate surface area is 121 Å². The van der Waals surface area contributed by atoms with Crippen LogP contribution in [-0.4, -0.2) is 42.5 Å². The topological polar surface area (TPSA) is 84.0 Å². The van der Waals surface area contributed by atoms with Crippen LogP contribution in [0.25, 0.3) is 0 Å². The lowest BCUT2D eigenvalue weighted by Gasteiger charge is -2.24. The van der Waals surface area contributed by atoms with Crippen LogP contribution in [0.5, 0.6) is 0 Å². The molecule has 19 heavy (non-hydrogen) atoms. The molecule has 1 fully saturated rings. The van der Waals surface area contributed by atoms with E-state index in [9.17, 15) is 8.42 Å². The quantitative estimate of drug-likeness (QED) is 0.860. The Morgan fingerprint density at radius 1 is 1.42 bits per heavy atom. The Balaban J connectivity index is 2.04. The molecular formula is C11H17BrN4O2S. The molecule has 0 aromatic carbocycles. The van der Waals surface area contributed by atoms with Crippen molar-refractivity contribution in [1.82, 2.24) is 9.97 Å². The number of nitrogens with one attached hydrogen (secondary N) is 2.